The molecule has 1 atom stereocenters. The summed E-state index contributed by atoms with van der Waals surface area (Å²) in [5.74, 6) is 0.552. The van der Waals surface area contributed by atoms with E-state index in [1.54, 1.807) is 7.11 Å². The third-order valence-corrected chi connectivity index (χ3v) is 5.04. The molecule has 0 aliphatic heterocycles. The summed E-state index contributed by atoms with van der Waals surface area (Å²) in [6.45, 7) is 1.94. The normalized spacial score (nSPS) is 17.6. The Kier molecular flexibility index (Phi) is 4.59. The van der Waals surface area contributed by atoms with Crippen LogP contribution in [0, 0.1) is 6.92 Å². The van der Waals surface area contributed by atoms with Crippen LogP contribution in [-0.4, -0.2) is 22.8 Å². The molecular formula is C22H22N4O. The Hall–Kier alpha value is -3.21. The van der Waals surface area contributed by atoms with Crippen LogP contribution in [-0.2, 0) is 11.3 Å². The zero-order chi connectivity index (χ0) is 18.8. The smallest absolute Gasteiger partial charge is 0.220 e. The van der Waals surface area contributed by atoms with Gasteiger partial charge in [-0.05, 0) is 36.0 Å². The highest BCUT2D eigenvalue weighted by atomic mass is 16.6. The summed E-state index contributed by atoms with van der Waals surface area (Å²) >= 11 is 0. The van der Waals surface area contributed by atoms with Gasteiger partial charge in [-0.2, -0.15) is 0 Å². The predicted molar refractivity (Wildman–Crippen MR) is 108 cm³/mol. The first-order valence-electron chi connectivity index (χ1n) is 9.05. The number of aromatic nitrogens is 2. The molecule has 1 aliphatic rings. The molecule has 1 aliphatic carbocycles. The molecule has 1 aromatic heterocycles. The first kappa shape index (κ1) is 17.2. The fourth-order valence-corrected chi connectivity index (χ4v) is 3.97. The minimum Gasteiger partial charge on any atom is -0.399 e. The summed E-state index contributed by atoms with van der Waals surface area (Å²) in [6.07, 6.45) is 1.58. The lowest BCUT2D eigenvalue weighted by Gasteiger charge is -2.27. The lowest BCUT2D eigenvalue weighted by Crippen LogP contribution is -2.24. The van der Waals surface area contributed by atoms with E-state index in [0.29, 0.717) is 5.95 Å². The van der Waals surface area contributed by atoms with Crippen molar-refractivity contribution in [2.45, 2.75) is 25.7 Å². The number of fused-ring (bicyclic) bond motifs is 1. The first-order chi connectivity index (χ1) is 13.2. The lowest BCUT2D eigenvalue weighted by atomic mass is 9.78. The van der Waals surface area contributed by atoms with Crippen molar-refractivity contribution in [2.75, 3.05) is 12.8 Å². The second-order valence-electron chi connectivity index (χ2n) is 6.77. The van der Waals surface area contributed by atoms with Gasteiger partial charge in [-0.3, -0.25) is 0 Å². The number of hydrogen-bond donors (Lipinski definition) is 1. The van der Waals surface area contributed by atoms with Crippen LogP contribution in [0.15, 0.2) is 59.8 Å². The number of benzene rings is 2. The molecule has 0 saturated heterocycles. The Morgan fingerprint density at radius 3 is 2.52 bits per heavy atom. The van der Waals surface area contributed by atoms with Crippen LogP contribution in [0.1, 0.15) is 34.9 Å². The molecule has 1 unspecified atom stereocenters. The van der Waals surface area contributed by atoms with E-state index in [9.17, 15) is 0 Å². The first-order valence-corrected chi connectivity index (χ1v) is 9.05. The molecule has 5 heteroatoms. The van der Waals surface area contributed by atoms with Crippen molar-refractivity contribution in [3.8, 4) is 11.1 Å². The number of aryl methyl sites for hydroxylation is 1. The number of oxime groups is 1. The SMILES string of the molecule is CON=C1CC(c2ccccc2-c2ccccc2)Cc2nc(N)nc(C)c21. The molecule has 2 N–H and O–H groups in total. The number of hydrogen-bond acceptors (Lipinski definition) is 5. The van der Waals surface area contributed by atoms with Crippen molar-refractivity contribution in [2.24, 2.45) is 5.16 Å². The zero-order valence-electron chi connectivity index (χ0n) is 15.5. The number of nitrogens with zero attached hydrogens (tertiary/aromatic N) is 3. The molecule has 4 rings (SSSR count). The van der Waals surface area contributed by atoms with Crippen LogP contribution in [0.3, 0.4) is 0 Å². The predicted octanol–water partition coefficient (Wildman–Crippen LogP) is 4.11. The third-order valence-electron chi connectivity index (χ3n) is 5.04. The molecule has 0 bridgehead atoms. The van der Waals surface area contributed by atoms with Crippen LogP contribution >= 0.6 is 0 Å². The lowest BCUT2D eigenvalue weighted by molar-refractivity contribution is 0.212. The number of nitrogen functional groups attached to an aromatic ring is 1. The van der Waals surface area contributed by atoms with Gasteiger partial charge in [0.25, 0.3) is 0 Å². The highest BCUT2D eigenvalue weighted by Crippen LogP contribution is 2.38. The molecule has 27 heavy (non-hydrogen) atoms. The van der Waals surface area contributed by atoms with E-state index in [2.05, 4.69) is 63.7 Å². The molecular weight excluding hydrogens is 336 g/mol. The van der Waals surface area contributed by atoms with Gasteiger partial charge in [0.15, 0.2) is 0 Å². The Bertz CT molecular complexity index is 998. The topological polar surface area (TPSA) is 73.4 Å². The van der Waals surface area contributed by atoms with E-state index >= 15 is 0 Å². The van der Waals surface area contributed by atoms with E-state index in [0.717, 1.165) is 35.5 Å². The Morgan fingerprint density at radius 1 is 1.00 bits per heavy atom. The maximum Gasteiger partial charge on any atom is 0.220 e. The summed E-state index contributed by atoms with van der Waals surface area (Å²) in [5.41, 5.74) is 13.3. The summed E-state index contributed by atoms with van der Waals surface area (Å²) in [4.78, 5) is 14.0. The molecule has 136 valence electrons. The average molecular weight is 358 g/mol. The van der Waals surface area contributed by atoms with Gasteiger partial charge >= 0.3 is 0 Å². The second kappa shape index (κ2) is 7.19. The third kappa shape index (κ3) is 3.28. The molecule has 1 heterocycles. The summed E-state index contributed by atoms with van der Waals surface area (Å²) in [7, 11) is 1.57. The molecule has 0 radical (unpaired) electrons. The van der Waals surface area contributed by atoms with Gasteiger partial charge in [0.1, 0.15) is 7.11 Å². The van der Waals surface area contributed by atoms with E-state index < -0.39 is 0 Å². The van der Waals surface area contributed by atoms with Crippen molar-refractivity contribution >= 4 is 11.7 Å². The molecule has 2 aromatic carbocycles. The van der Waals surface area contributed by atoms with E-state index in [-0.39, 0.29) is 5.92 Å². The number of rotatable bonds is 3. The van der Waals surface area contributed by atoms with Crippen molar-refractivity contribution in [1.82, 2.24) is 9.97 Å². The minimum absolute atomic E-state index is 0.247. The molecule has 5 nitrogen and oxygen atoms in total. The van der Waals surface area contributed by atoms with Crippen LogP contribution in [0.5, 0.6) is 0 Å². The van der Waals surface area contributed by atoms with Gasteiger partial charge in [-0.25, -0.2) is 9.97 Å². The summed E-state index contributed by atoms with van der Waals surface area (Å²) < 4.78 is 0. The van der Waals surface area contributed by atoms with Crippen LogP contribution < -0.4 is 5.73 Å². The second-order valence-corrected chi connectivity index (χ2v) is 6.77. The Morgan fingerprint density at radius 2 is 1.74 bits per heavy atom. The molecule has 0 saturated carbocycles. The Labute approximate surface area is 158 Å². The van der Waals surface area contributed by atoms with E-state index in [1.807, 2.05) is 13.0 Å². The van der Waals surface area contributed by atoms with Crippen molar-refractivity contribution in [3.63, 3.8) is 0 Å². The van der Waals surface area contributed by atoms with Gasteiger partial charge in [0, 0.05) is 12.0 Å². The van der Waals surface area contributed by atoms with Crippen molar-refractivity contribution < 1.29 is 4.84 Å². The molecule has 3 aromatic rings. The fraction of sp³-hybridized carbons (Fsp3) is 0.227. The number of anilines is 1. The van der Waals surface area contributed by atoms with Gasteiger partial charge in [-0.15, -0.1) is 0 Å². The van der Waals surface area contributed by atoms with Crippen LogP contribution in [0.25, 0.3) is 11.1 Å². The van der Waals surface area contributed by atoms with Gasteiger partial charge in [-0.1, -0.05) is 59.8 Å². The van der Waals surface area contributed by atoms with E-state index in [4.69, 9.17) is 10.6 Å². The highest BCUT2D eigenvalue weighted by molar-refractivity contribution is 6.03. The maximum absolute atomic E-state index is 5.91. The van der Waals surface area contributed by atoms with E-state index in [1.165, 1.54) is 16.7 Å². The Balaban J connectivity index is 1.82. The minimum atomic E-state index is 0.247. The highest BCUT2D eigenvalue weighted by Gasteiger charge is 2.30. The molecule has 0 amide bonds. The largest absolute Gasteiger partial charge is 0.399 e. The van der Waals surface area contributed by atoms with Crippen molar-refractivity contribution in [1.29, 1.82) is 0 Å². The molecule has 0 spiro atoms. The monoisotopic (exact) mass is 358 g/mol. The van der Waals surface area contributed by atoms with Crippen LogP contribution in [0.2, 0.25) is 0 Å². The summed E-state index contributed by atoms with van der Waals surface area (Å²) in [6, 6.07) is 19.0. The number of nitrogens with two attached hydrogens (primary N) is 1. The van der Waals surface area contributed by atoms with Gasteiger partial charge in [0.2, 0.25) is 5.95 Å². The quantitative estimate of drug-likeness (QED) is 0.715. The summed E-state index contributed by atoms with van der Waals surface area (Å²) in [5, 5.41) is 4.29. The van der Waals surface area contributed by atoms with Gasteiger partial charge in [0.05, 0.1) is 17.1 Å². The van der Waals surface area contributed by atoms with Gasteiger partial charge < -0.3 is 10.6 Å². The van der Waals surface area contributed by atoms with Crippen LogP contribution in [0.4, 0.5) is 5.95 Å². The standard InChI is InChI=1S/C22H22N4O/c1-14-21-19(25-22(23)24-14)12-16(13-20(21)26-27-2)18-11-7-6-10-17(18)15-8-4-3-5-9-15/h3-11,16H,12-13H2,1-2H3,(H2,23,24,25). The maximum atomic E-state index is 5.91. The van der Waals surface area contributed by atoms with Crippen molar-refractivity contribution in [3.05, 3.63) is 77.1 Å². The fourth-order valence-electron chi connectivity index (χ4n) is 3.97. The molecule has 0 fully saturated rings. The zero-order valence-corrected chi connectivity index (χ0v) is 15.5. The average Bonchev–Trinajstić information content (AvgIpc) is 2.68.